The summed E-state index contributed by atoms with van der Waals surface area (Å²) in [5, 5.41) is 0. The summed E-state index contributed by atoms with van der Waals surface area (Å²) in [5.74, 6) is -0.0550. The fraction of sp³-hybridized carbons (Fsp3) is 0.364. The summed E-state index contributed by atoms with van der Waals surface area (Å²) in [4.78, 5) is 17.8. The number of aromatic nitrogens is 1. The molecule has 0 unspecified atom stereocenters. The van der Waals surface area contributed by atoms with Crippen LogP contribution < -0.4 is 5.73 Å². The van der Waals surface area contributed by atoms with Crippen LogP contribution in [-0.4, -0.2) is 27.3 Å². The van der Waals surface area contributed by atoms with Gasteiger partial charge in [0.25, 0.3) is 0 Å². The molecule has 1 amide bonds. The van der Waals surface area contributed by atoms with Crippen LogP contribution in [0.4, 0.5) is 0 Å². The summed E-state index contributed by atoms with van der Waals surface area (Å²) in [7, 11) is 0. The summed E-state index contributed by atoms with van der Waals surface area (Å²) >= 11 is 4.72. The molecule has 1 rings (SSSR count). The normalized spacial score (nSPS) is 9.81. The molecule has 16 heavy (non-hydrogen) atoms. The number of pyridine rings is 1. The van der Waals surface area contributed by atoms with Crippen LogP contribution in [0.25, 0.3) is 0 Å². The molecule has 0 aliphatic heterocycles. The Morgan fingerprint density at radius 3 is 2.81 bits per heavy atom. The number of hydrogen-bond donors (Lipinski definition) is 1. The van der Waals surface area contributed by atoms with Crippen molar-refractivity contribution < 1.29 is 4.79 Å². The predicted molar refractivity (Wildman–Crippen MR) is 66.7 cm³/mol. The number of thiocarbonyl (C=S) groups is 1. The number of amides is 1. The molecule has 2 N–H and O–H groups in total. The Morgan fingerprint density at radius 2 is 2.31 bits per heavy atom. The standard InChI is InChI=1S/C11H15N3OS/c1-2-14(11(15)7-10(12)16)8-9-5-3-4-6-13-9/h3-6H,2,7-8H2,1H3,(H2,12,16). The van der Waals surface area contributed by atoms with E-state index in [1.807, 2.05) is 25.1 Å². The Kier molecular flexibility index (Phi) is 4.85. The molecule has 0 aliphatic carbocycles. The first kappa shape index (κ1) is 12.6. The molecule has 0 fully saturated rings. The summed E-state index contributed by atoms with van der Waals surface area (Å²) in [6.07, 6.45) is 1.83. The van der Waals surface area contributed by atoms with Crippen molar-refractivity contribution >= 4 is 23.1 Å². The average Bonchev–Trinajstić information content (AvgIpc) is 2.26. The molecule has 0 atom stereocenters. The van der Waals surface area contributed by atoms with E-state index in [4.69, 9.17) is 18.0 Å². The largest absolute Gasteiger partial charge is 0.393 e. The van der Waals surface area contributed by atoms with Gasteiger partial charge in [-0.15, -0.1) is 0 Å². The van der Waals surface area contributed by atoms with E-state index in [0.29, 0.717) is 13.1 Å². The second kappa shape index (κ2) is 6.17. The van der Waals surface area contributed by atoms with Crippen molar-refractivity contribution in [3.05, 3.63) is 30.1 Å². The quantitative estimate of drug-likeness (QED) is 0.779. The molecular formula is C11H15N3OS. The van der Waals surface area contributed by atoms with Gasteiger partial charge in [-0.25, -0.2) is 0 Å². The molecule has 0 bridgehead atoms. The molecule has 5 heteroatoms. The van der Waals surface area contributed by atoms with Crippen molar-refractivity contribution in [1.82, 2.24) is 9.88 Å². The number of carbonyl (C=O) groups excluding carboxylic acids is 1. The Bertz CT molecular complexity index is 367. The van der Waals surface area contributed by atoms with Gasteiger partial charge < -0.3 is 10.6 Å². The lowest BCUT2D eigenvalue weighted by Crippen LogP contribution is -2.33. The molecule has 0 saturated heterocycles. The Morgan fingerprint density at radius 1 is 1.56 bits per heavy atom. The van der Waals surface area contributed by atoms with Crippen LogP contribution in [0.3, 0.4) is 0 Å². The molecule has 1 aromatic heterocycles. The Hall–Kier alpha value is -1.49. The van der Waals surface area contributed by atoms with Crippen molar-refractivity contribution in [2.45, 2.75) is 19.9 Å². The SMILES string of the molecule is CCN(Cc1ccccn1)C(=O)CC(N)=S. The maximum absolute atomic E-state index is 11.7. The number of hydrogen-bond acceptors (Lipinski definition) is 3. The summed E-state index contributed by atoms with van der Waals surface area (Å²) in [6, 6.07) is 5.63. The summed E-state index contributed by atoms with van der Waals surface area (Å²) in [6.45, 7) is 3.04. The van der Waals surface area contributed by atoms with Gasteiger partial charge in [0.1, 0.15) is 0 Å². The minimum absolute atomic E-state index is 0.0550. The monoisotopic (exact) mass is 237 g/mol. The van der Waals surface area contributed by atoms with Gasteiger partial charge in [0.15, 0.2) is 0 Å². The summed E-state index contributed by atoms with van der Waals surface area (Å²) < 4.78 is 0. The van der Waals surface area contributed by atoms with E-state index in [2.05, 4.69) is 4.98 Å². The summed E-state index contributed by atoms with van der Waals surface area (Å²) in [5.41, 5.74) is 6.21. The van der Waals surface area contributed by atoms with Crippen molar-refractivity contribution in [3.63, 3.8) is 0 Å². The third-order valence-electron chi connectivity index (χ3n) is 2.14. The number of nitrogens with zero attached hydrogens (tertiary/aromatic N) is 2. The molecule has 0 aromatic carbocycles. The molecule has 4 nitrogen and oxygen atoms in total. The molecule has 0 spiro atoms. The lowest BCUT2D eigenvalue weighted by Gasteiger charge is -2.20. The van der Waals surface area contributed by atoms with E-state index in [1.165, 1.54) is 0 Å². The first-order chi connectivity index (χ1) is 7.63. The fourth-order valence-corrected chi connectivity index (χ4v) is 1.45. The minimum atomic E-state index is -0.0550. The second-order valence-corrected chi connectivity index (χ2v) is 3.90. The van der Waals surface area contributed by atoms with Crippen LogP contribution in [0.5, 0.6) is 0 Å². The molecule has 0 saturated carbocycles. The molecular weight excluding hydrogens is 222 g/mol. The van der Waals surface area contributed by atoms with Crippen LogP contribution in [0.1, 0.15) is 19.0 Å². The van der Waals surface area contributed by atoms with Crippen molar-refractivity contribution in [2.24, 2.45) is 5.73 Å². The third kappa shape index (κ3) is 3.94. The fourth-order valence-electron chi connectivity index (χ4n) is 1.32. The van der Waals surface area contributed by atoms with Crippen LogP contribution in [0.2, 0.25) is 0 Å². The predicted octanol–water partition coefficient (Wildman–Crippen LogP) is 1.11. The smallest absolute Gasteiger partial charge is 0.229 e. The van der Waals surface area contributed by atoms with E-state index >= 15 is 0 Å². The van der Waals surface area contributed by atoms with Gasteiger partial charge in [-0.05, 0) is 19.1 Å². The van der Waals surface area contributed by atoms with Gasteiger partial charge in [-0.1, -0.05) is 18.3 Å². The molecule has 1 aromatic rings. The van der Waals surface area contributed by atoms with Gasteiger partial charge in [0.2, 0.25) is 5.91 Å². The van der Waals surface area contributed by atoms with E-state index < -0.39 is 0 Å². The van der Waals surface area contributed by atoms with Gasteiger partial charge in [-0.3, -0.25) is 9.78 Å². The highest BCUT2D eigenvalue weighted by Gasteiger charge is 2.13. The minimum Gasteiger partial charge on any atom is -0.393 e. The molecule has 1 heterocycles. The van der Waals surface area contributed by atoms with Gasteiger partial charge in [0, 0.05) is 12.7 Å². The number of rotatable bonds is 5. The second-order valence-electron chi connectivity index (χ2n) is 3.37. The maximum atomic E-state index is 11.7. The van der Waals surface area contributed by atoms with Crippen LogP contribution in [-0.2, 0) is 11.3 Å². The van der Waals surface area contributed by atoms with E-state index in [1.54, 1.807) is 11.1 Å². The van der Waals surface area contributed by atoms with Crippen LogP contribution >= 0.6 is 12.2 Å². The Balaban J connectivity index is 2.62. The number of nitrogens with two attached hydrogens (primary N) is 1. The molecule has 86 valence electrons. The zero-order valence-corrected chi connectivity index (χ0v) is 10.0. The first-order valence-electron chi connectivity index (χ1n) is 5.09. The van der Waals surface area contributed by atoms with Crippen LogP contribution in [0.15, 0.2) is 24.4 Å². The average molecular weight is 237 g/mol. The first-order valence-corrected chi connectivity index (χ1v) is 5.50. The van der Waals surface area contributed by atoms with Crippen molar-refractivity contribution in [3.8, 4) is 0 Å². The van der Waals surface area contributed by atoms with E-state index in [0.717, 1.165) is 5.69 Å². The third-order valence-corrected chi connectivity index (χ3v) is 2.28. The maximum Gasteiger partial charge on any atom is 0.229 e. The molecule has 0 aliphatic rings. The highest BCUT2D eigenvalue weighted by molar-refractivity contribution is 7.80. The van der Waals surface area contributed by atoms with Crippen molar-refractivity contribution in [1.29, 1.82) is 0 Å². The highest BCUT2D eigenvalue weighted by Crippen LogP contribution is 2.03. The van der Waals surface area contributed by atoms with Crippen molar-refractivity contribution in [2.75, 3.05) is 6.54 Å². The van der Waals surface area contributed by atoms with Gasteiger partial charge in [-0.2, -0.15) is 0 Å². The van der Waals surface area contributed by atoms with Gasteiger partial charge >= 0.3 is 0 Å². The molecule has 0 radical (unpaired) electrons. The lowest BCUT2D eigenvalue weighted by atomic mass is 10.3. The highest BCUT2D eigenvalue weighted by atomic mass is 32.1. The van der Waals surface area contributed by atoms with Crippen LogP contribution in [0, 0.1) is 0 Å². The Labute approximate surface area is 100 Å². The zero-order chi connectivity index (χ0) is 12.0. The van der Waals surface area contributed by atoms with E-state index in [-0.39, 0.29) is 17.3 Å². The van der Waals surface area contributed by atoms with E-state index in [9.17, 15) is 4.79 Å². The zero-order valence-electron chi connectivity index (χ0n) is 9.22. The topological polar surface area (TPSA) is 59.2 Å². The van der Waals surface area contributed by atoms with Gasteiger partial charge in [0.05, 0.1) is 23.6 Å². The lowest BCUT2D eigenvalue weighted by molar-refractivity contribution is -0.130. The number of carbonyl (C=O) groups is 1.